The average Bonchev–Trinajstić information content (AvgIpc) is 3.40. The molecular formula is C65H122NO8P. The number of carbonyl (C=O) groups excluding carboxylic acids is 2. The van der Waals surface area contributed by atoms with Gasteiger partial charge >= 0.3 is 19.8 Å². The van der Waals surface area contributed by atoms with Crippen molar-refractivity contribution in [1.29, 1.82) is 0 Å². The first-order valence-electron chi connectivity index (χ1n) is 32.1. The van der Waals surface area contributed by atoms with E-state index in [1.165, 1.54) is 218 Å². The number of phosphoric acid groups is 1. The van der Waals surface area contributed by atoms with Gasteiger partial charge in [0.25, 0.3) is 0 Å². The first-order chi connectivity index (χ1) is 36.8. The van der Waals surface area contributed by atoms with Crippen LogP contribution >= 0.6 is 7.82 Å². The van der Waals surface area contributed by atoms with Gasteiger partial charge in [-0.2, -0.15) is 0 Å². The Balaban J connectivity index is 3.86. The molecule has 0 saturated carbocycles. The van der Waals surface area contributed by atoms with Crippen molar-refractivity contribution in [2.45, 2.75) is 328 Å². The standard InChI is InChI=1S/C65H122NO8P/c1-3-5-7-9-11-13-15-17-19-21-23-25-27-28-29-30-31-32-33-34-36-37-39-41-43-45-47-49-51-53-55-57-64(67)71-61-63(62-73-75(69,70)72-60-59-66)74-65(68)58-56-54-52-50-48-46-44-42-40-38-35-26-24-22-20-18-16-14-12-10-8-6-4-2/h6,8,12,14,18,20,24,26,63H,3-5,7,9-11,13,15-17,19,21-23,25,27-62,66H2,1-2H3,(H,69,70)/b8-6-,14-12-,20-18-,26-24-. The molecule has 0 amide bonds. The van der Waals surface area contributed by atoms with Gasteiger partial charge in [0.05, 0.1) is 13.2 Å². The molecule has 440 valence electrons. The predicted molar refractivity (Wildman–Crippen MR) is 321 cm³/mol. The molecule has 75 heavy (non-hydrogen) atoms. The number of phosphoric ester groups is 1. The van der Waals surface area contributed by atoms with Crippen LogP contribution in [0.5, 0.6) is 0 Å². The van der Waals surface area contributed by atoms with E-state index in [0.29, 0.717) is 6.42 Å². The minimum atomic E-state index is -4.39. The molecule has 0 aliphatic rings. The Kier molecular flexibility index (Phi) is 59.5. The SMILES string of the molecule is CC/C=C\C/C=C\C/C=C\C/C=C\CCCCCCCCCCCCC(=O)OC(COC(=O)CCCCCCCCCCCCCCCCCCCCCCCCCCCCCCCCC)COP(=O)(O)OCCN. The molecule has 0 heterocycles. The lowest BCUT2D eigenvalue weighted by Gasteiger charge is -2.19. The summed E-state index contributed by atoms with van der Waals surface area (Å²) in [5.41, 5.74) is 5.39. The molecule has 0 spiro atoms. The number of rotatable bonds is 61. The van der Waals surface area contributed by atoms with Crippen LogP contribution in [0.25, 0.3) is 0 Å². The van der Waals surface area contributed by atoms with E-state index in [9.17, 15) is 19.0 Å². The highest BCUT2D eigenvalue weighted by atomic mass is 31.2. The molecule has 0 radical (unpaired) electrons. The molecule has 0 aromatic carbocycles. The summed E-state index contributed by atoms with van der Waals surface area (Å²) in [4.78, 5) is 35.3. The summed E-state index contributed by atoms with van der Waals surface area (Å²) >= 11 is 0. The molecule has 0 saturated heterocycles. The topological polar surface area (TPSA) is 134 Å². The molecule has 0 bridgehead atoms. The quantitative estimate of drug-likeness (QED) is 0.0264. The summed E-state index contributed by atoms with van der Waals surface area (Å²) in [5, 5.41) is 0. The maximum absolute atomic E-state index is 12.7. The Morgan fingerprint density at radius 2 is 0.733 bits per heavy atom. The van der Waals surface area contributed by atoms with Gasteiger partial charge in [-0.15, -0.1) is 0 Å². The molecule has 0 aromatic rings. The van der Waals surface area contributed by atoms with Gasteiger partial charge in [0, 0.05) is 19.4 Å². The lowest BCUT2D eigenvalue weighted by molar-refractivity contribution is -0.161. The Morgan fingerprint density at radius 1 is 0.413 bits per heavy atom. The van der Waals surface area contributed by atoms with E-state index in [-0.39, 0.29) is 38.6 Å². The zero-order valence-corrected chi connectivity index (χ0v) is 50.2. The van der Waals surface area contributed by atoms with Crippen LogP contribution in [0.3, 0.4) is 0 Å². The van der Waals surface area contributed by atoms with Gasteiger partial charge in [-0.25, -0.2) is 4.57 Å². The van der Waals surface area contributed by atoms with Crippen molar-refractivity contribution in [1.82, 2.24) is 0 Å². The van der Waals surface area contributed by atoms with E-state index in [1.54, 1.807) is 0 Å². The molecule has 0 aromatic heterocycles. The highest BCUT2D eigenvalue weighted by Crippen LogP contribution is 2.43. The van der Waals surface area contributed by atoms with Gasteiger partial charge in [-0.1, -0.05) is 306 Å². The number of hydrogen-bond acceptors (Lipinski definition) is 8. The van der Waals surface area contributed by atoms with E-state index in [4.69, 9.17) is 24.3 Å². The largest absolute Gasteiger partial charge is 0.472 e. The van der Waals surface area contributed by atoms with Crippen LogP contribution < -0.4 is 5.73 Å². The van der Waals surface area contributed by atoms with Crippen LogP contribution in [0.1, 0.15) is 322 Å². The van der Waals surface area contributed by atoms with Crippen molar-refractivity contribution < 1.29 is 37.6 Å². The summed E-state index contributed by atoms with van der Waals surface area (Å²) in [7, 11) is -4.39. The summed E-state index contributed by atoms with van der Waals surface area (Å²) < 4.78 is 33.1. The minimum Gasteiger partial charge on any atom is -0.462 e. The number of unbranched alkanes of at least 4 members (excludes halogenated alkanes) is 40. The minimum absolute atomic E-state index is 0.0530. The fourth-order valence-electron chi connectivity index (χ4n) is 9.51. The molecular weight excluding hydrogens is 954 g/mol. The second kappa shape index (κ2) is 61.2. The highest BCUT2D eigenvalue weighted by Gasteiger charge is 2.26. The van der Waals surface area contributed by atoms with Crippen molar-refractivity contribution in [3.05, 3.63) is 48.6 Å². The van der Waals surface area contributed by atoms with Crippen molar-refractivity contribution >= 4 is 19.8 Å². The second-order valence-corrected chi connectivity index (χ2v) is 23.1. The predicted octanol–water partition coefficient (Wildman–Crippen LogP) is 20.5. The molecule has 9 nitrogen and oxygen atoms in total. The van der Waals surface area contributed by atoms with Crippen LogP contribution in [-0.4, -0.2) is 49.3 Å². The fourth-order valence-corrected chi connectivity index (χ4v) is 10.3. The van der Waals surface area contributed by atoms with Gasteiger partial charge in [0.2, 0.25) is 0 Å². The molecule has 3 N–H and O–H groups in total. The number of carbonyl (C=O) groups is 2. The van der Waals surface area contributed by atoms with Crippen LogP contribution in [0, 0.1) is 0 Å². The number of ether oxygens (including phenoxy) is 2. The normalized spacial score (nSPS) is 13.3. The number of hydrogen-bond donors (Lipinski definition) is 2. The van der Waals surface area contributed by atoms with Crippen molar-refractivity contribution in [2.24, 2.45) is 5.73 Å². The van der Waals surface area contributed by atoms with Crippen LogP contribution in [0.15, 0.2) is 48.6 Å². The van der Waals surface area contributed by atoms with E-state index >= 15 is 0 Å². The summed E-state index contributed by atoms with van der Waals surface area (Å²) in [6.45, 7) is 3.68. The van der Waals surface area contributed by atoms with Gasteiger partial charge in [-0.3, -0.25) is 18.6 Å². The zero-order valence-electron chi connectivity index (χ0n) is 49.3. The molecule has 0 aliphatic heterocycles. The number of nitrogens with two attached hydrogens (primary N) is 1. The Morgan fingerprint density at radius 3 is 1.09 bits per heavy atom. The van der Waals surface area contributed by atoms with E-state index in [1.807, 2.05) is 0 Å². The summed E-state index contributed by atoms with van der Waals surface area (Å²) in [6.07, 6.45) is 76.2. The Labute approximate surface area is 464 Å². The fraction of sp³-hybridized carbons (Fsp3) is 0.846. The summed E-state index contributed by atoms with van der Waals surface area (Å²) in [5.74, 6) is -0.818. The van der Waals surface area contributed by atoms with Crippen molar-refractivity contribution in [3.63, 3.8) is 0 Å². The monoisotopic (exact) mass is 1080 g/mol. The summed E-state index contributed by atoms with van der Waals surface area (Å²) in [6, 6.07) is 0. The second-order valence-electron chi connectivity index (χ2n) is 21.6. The Hall–Kier alpha value is -2.03. The third-order valence-electron chi connectivity index (χ3n) is 14.2. The average molecular weight is 1080 g/mol. The van der Waals surface area contributed by atoms with Crippen LogP contribution in [0.2, 0.25) is 0 Å². The van der Waals surface area contributed by atoms with Gasteiger partial charge in [-0.05, 0) is 51.4 Å². The lowest BCUT2D eigenvalue weighted by Crippen LogP contribution is -2.29. The van der Waals surface area contributed by atoms with E-state index < -0.39 is 26.5 Å². The molecule has 0 fully saturated rings. The maximum Gasteiger partial charge on any atom is 0.472 e. The zero-order chi connectivity index (χ0) is 54.5. The molecule has 0 rings (SSSR count). The number of allylic oxidation sites excluding steroid dienone is 8. The third kappa shape index (κ3) is 61.1. The molecule has 2 atom stereocenters. The molecule has 10 heteroatoms. The van der Waals surface area contributed by atoms with Crippen LogP contribution in [0.4, 0.5) is 0 Å². The molecule has 0 aliphatic carbocycles. The van der Waals surface area contributed by atoms with Gasteiger partial charge in [0.1, 0.15) is 6.61 Å². The lowest BCUT2D eigenvalue weighted by atomic mass is 10.0. The number of esters is 2. The molecule has 2 unspecified atom stereocenters. The van der Waals surface area contributed by atoms with Gasteiger partial charge in [0.15, 0.2) is 6.10 Å². The van der Waals surface area contributed by atoms with E-state index in [2.05, 4.69) is 62.5 Å². The maximum atomic E-state index is 12.7. The highest BCUT2D eigenvalue weighted by molar-refractivity contribution is 7.47. The third-order valence-corrected chi connectivity index (χ3v) is 15.2. The van der Waals surface area contributed by atoms with Crippen molar-refractivity contribution in [3.8, 4) is 0 Å². The smallest absolute Gasteiger partial charge is 0.462 e. The van der Waals surface area contributed by atoms with E-state index in [0.717, 1.165) is 70.6 Å². The van der Waals surface area contributed by atoms with Gasteiger partial charge < -0.3 is 20.1 Å². The first kappa shape index (κ1) is 73.0. The first-order valence-corrected chi connectivity index (χ1v) is 33.6. The van der Waals surface area contributed by atoms with Crippen LogP contribution in [-0.2, 0) is 32.7 Å². The van der Waals surface area contributed by atoms with Crippen molar-refractivity contribution in [2.75, 3.05) is 26.4 Å². The Bertz CT molecular complexity index is 1370.